The minimum absolute atomic E-state index is 0.521. The highest BCUT2D eigenvalue weighted by atomic mass is 15.2. The minimum Gasteiger partial charge on any atom is -0.367 e. The number of anilines is 2. The monoisotopic (exact) mass is 367 g/mol. The molecule has 1 aliphatic rings. The second-order valence-corrected chi connectivity index (χ2v) is 7.74. The summed E-state index contributed by atoms with van der Waals surface area (Å²) in [7, 11) is 4.20. The Balaban J connectivity index is 1.75. The lowest BCUT2D eigenvalue weighted by Gasteiger charge is -2.18. The maximum Gasteiger partial charge on any atom is 0.225 e. The molecule has 0 radical (unpaired) electrons. The Morgan fingerprint density at radius 3 is 2.44 bits per heavy atom. The Bertz CT molecular complexity index is 678. The zero-order chi connectivity index (χ0) is 18.9. The average Bonchev–Trinajstić information content (AvgIpc) is 2.94. The number of hydrogen-bond acceptors (Lipinski definition) is 5. The van der Waals surface area contributed by atoms with Gasteiger partial charge in [-0.1, -0.05) is 56.0 Å². The molecule has 1 aromatic carbocycles. The van der Waals surface area contributed by atoms with E-state index in [9.17, 15) is 0 Å². The van der Waals surface area contributed by atoms with Crippen molar-refractivity contribution in [2.45, 2.75) is 51.0 Å². The van der Waals surface area contributed by atoms with E-state index >= 15 is 0 Å². The normalized spacial score (nSPS) is 15.5. The Hall–Kier alpha value is -2.14. The summed E-state index contributed by atoms with van der Waals surface area (Å²) in [5, 5.41) is 7.09. The number of nitrogens with one attached hydrogen (secondary N) is 2. The first-order valence-corrected chi connectivity index (χ1v) is 10.3. The highest BCUT2D eigenvalue weighted by Gasteiger charge is 2.14. The van der Waals surface area contributed by atoms with Crippen molar-refractivity contribution in [1.82, 2.24) is 14.9 Å². The lowest BCUT2D eigenvalue weighted by atomic mass is 10.1. The zero-order valence-electron chi connectivity index (χ0n) is 16.7. The van der Waals surface area contributed by atoms with Crippen molar-refractivity contribution >= 4 is 11.8 Å². The van der Waals surface area contributed by atoms with Crippen molar-refractivity contribution in [3.05, 3.63) is 36.4 Å². The lowest BCUT2D eigenvalue weighted by molar-refractivity contribution is 0.405. The molecule has 0 bridgehead atoms. The third kappa shape index (κ3) is 6.51. The summed E-state index contributed by atoms with van der Waals surface area (Å²) in [5.74, 6) is 1.65. The molecule has 146 valence electrons. The predicted octanol–water partition coefficient (Wildman–Crippen LogP) is 4.64. The molecule has 5 nitrogen and oxygen atoms in total. The van der Waals surface area contributed by atoms with Crippen LogP contribution in [0.1, 0.15) is 44.9 Å². The van der Waals surface area contributed by atoms with Gasteiger partial charge in [-0.2, -0.15) is 4.98 Å². The first-order valence-electron chi connectivity index (χ1n) is 10.3. The number of hydrogen-bond donors (Lipinski definition) is 2. The molecular weight excluding hydrogens is 334 g/mol. The number of rotatable bonds is 8. The molecule has 2 aromatic rings. The van der Waals surface area contributed by atoms with Crippen LogP contribution in [-0.4, -0.2) is 48.1 Å². The molecule has 1 fully saturated rings. The maximum atomic E-state index is 4.76. The van der Waals surface area contributed by atoms with E-state index in [-0.39, 0.29) is 0 Å². The molecule has 0 amide bonds. The van der Waals surface area contributed by atoms with E-state index in [0.29, 0.717) is 12.0 Å². The molecule has 1 saturated carbocycles. The molecule has 5 heteroatoms. The number of benzene rings is 1. The van der Waals surface area contributed by atoms with Crippen LogP contribution in [0.4, 0.5) is 11.8 Å². The van der Waals surface area contributed by atoms with Gasteiger partial charge in [0.25, 0.3) is 0 Å². The third-order valence-corrected chi connectivity index (χ3v) is 5.07. The van der Waals surface area contributed by atoms with Crippen LogP contribution in [0.3, 0.4) is 0 Å². The molecule has 3 rings (SSSR count). The van der Waals surface area contributed by atoms with Crippen LogP contribution in [0.5, 0.6) is 0 Å². The molecular formula is C22H33N5. The standard InChI is InChI=1S/C22H33N5/c1-27(2)16-10-15-23-22-25-20(18-11-6-5-7-12-18)17-21(26-22)24-19-13-8-3-4-9-14-19/h5-7,11-12,17,19H,3-4,8-10,13-16H2,1-2H3,(H2,23,24,25,26). The van der Waals surface area contributed by atoms with E-state index in [4.69, 9.17) is 9.97 Å². The van der Waals surface area contributed by atoms with Crippen LogP contribution in [0, 0.1) is 0 Å². The third-order valence-electron chi connectivity index (χ3n) is 5.07. The van der Waals surface area contributed by atoms with E-state index in [1.165, 1.54) is 38.5 Å². The summed E-state index contributed by atoms with van der Waals surface area (Å²) in [6.07, 6.45) is 8.86. The fourth-order valence-electron chi connectivity index (χ4n) is 3.59. The van der Waals surface area contributed by atoms with Gasteiger partial charge in [-0.15, -0.1) is 0 Å². The molecule has 1 aliphatic carbocycles. The van der Waals surface area contributed by atoms with E-state index < -0.39 is 0 Å². The molecule has 0 saturated heterocycles. The molecule has 2 N–H and O–H groups in total. The van der Waals surface area contributed by atoms with Gasteiger partial charge < -0.3 is 15.5 Å². The van der Waals surface area contributed by atoms with Gasteiger partial charge in [0.05, 0.1) is 5.69 Å². The van der Waals surface area contributed by atoms with Crippen LogP contribution >= 0.6 is 0 Å². The van der Waals surface area contributed by atoms with Crippen molar-refractivity contribution in [1.29, 1.82) is 0 Å². The summed E-state index contributed by atoms with van der Waals surface area (Å²) in [6, 6.07) is 13.0. The molecule has 0 aliphatic heterocycles. The van der Waals surface area contributed by atoms with Gasteiger partial charge in [0, 0.05) is 24.2 Å². The van der Waals surface area contributed by atoms with Crippen molar-refractivity contribution in [3.8, 4) is 11.3 Å². The highest BCUT2D eigenvalue weighted by Crippen LogP contribution is 2.24. The van der Waals surface area contributed by atoms with Gasteiger partial charge in [0.2, 0.25) is 5.95 Å². The van der Waals surface area contributed by atoms with Gasteiger partial charge in [0.15, 0.2) is 0 Å². The quantitative estimate of drug-likeness (QED) is 0.526. The summed E-state index contributed by atoms with van der Waals surface area (Å²) in [5.41, 5.74) is 2.09. The fourth-order valence-corrected chi connectivity index (χ4v) is 3.59. The van der Waals surface area contributed by atoms with E-state index in [2.05, 4.69) is 60.0 Å². The van der Waals surface area contributed by atoms with Crippen molar-refractivity contribution in [2.75, 3.05) is 37.8 Å². The van der Waals surface area contributed by atoms with Gasteiger partial charge in [-0.25, -0.2) is 4.98 Å². The molecule has 27 heavy (non-hydrogen) atoms. The summed E-state index contributed by atoms with van der Waals surface area (Å²) in [6.45, 7) is 1.93. The smallest absolute Gasteiger partial charge is 0.225 e. The minimum atomic E-state index is 0.521. The number of nitrogens with zero attached hydrogens (tertiary/aromatic N) is 3. The molecule has 0 spiro atoms. The first kappa shape index (κ1) is 19.6. The van der Waals surface area contributed by atoms with Crippen LogP contribution in [-0.2, 0) is 0 Å². The Labute approximate surface area is 163 Å². The second kappa shape index (κ2) is 10.3. The Morgan fingerprint density at radius 2 is 1.74 bits per heavy atom. The van der Waals surface area contributed by atoms with Crippen LogP contribution in [0.15, 0.2) is 36.4 Å². The van der Waals surface area contributed by atoms with Gasteiger partial charge in [0.1, 0.15) is 5.82 Å². The zero-order valence-corrected chi connectivity index (χ0v) is 16.7. The van der Waals surface area contributed by atoms with Crippen molar-refractivity contribution < 1.29 is 0 Å². The molecule has 0 unspecified atom stereocenters. The molecule has 1 heterocycles. The summed E-state index contributed by atoms with van der Waals surface area (Å²) in [4.78, 5) is 11.7. The van der Waals surface area contributed by atoms with Crippen LogP contribution in [0.2, 0.25) is 0 Å². The topological polar surface area (TPSA) is 53.1 Å². The average molecular weight is 368 g/mol. The first-order chi connectivity index (χ1) is 13.2. The molecule has 0 atom stereocenters. The van der Waals surface area contributed by atoms with E-state index in [0.717, 1.165) is 36.6 Å². The lowest BCUT2D eigenvalue weighted by Crippen LogP contribution is -2.20. The summed E-state index contributed by atoms with van der Waals surface area (Å²) < 4.78 is 0. The van der Waals surface area contributed by atoms with E-state index in [1.807, 2.05) is 6.07 Å². The van der Waals surface area contributed by atoms with Crippen molar-refractivity contribution in [3.63, 3.8) is 0 Å². The predicted molar refractivity (Wildman–Crippen MR) is 114 cm³/mol. The van der Waals surface area contributed by atoms with Crippen LogP contribution in [0.25, 0.3) is 11.3 Å². The second-order valence-electron chi connectivity index (χ2n) is 7.74. The Morgan fingerprint density at radius 1 is 1.00 bits per heavy atom. The SMILES string of the molecule is CN(C)CCCNc1nc(NC2CCCCCC2)cc(-c2ccccc2)n1. The largest absolute Gasteiger partial charge is 0.367 e. The van der Waals surface area contributed by atoms with Crippen LogP contribution < -0.4 is 10.6 Å². The summed E-state index contributed by atoms with van der Waals surface area (Å²) >= 11 is 0. The number of aromatic nitrogens is 2. The highest BCUT2D eigenvalue weighted by molar-refractivity contribution is 5.64. The van der Waals surface area contributed by atoms with Gasteiger partial charge >= 0.3 is 0 Å². The van der Waals surface area contributed by atoms with E-state index in [1.54, 1.807) is 0 Å². The van der Waals surface area contributed by atoms with Gasteiger partial charge in [-0.3, -0.25) is 0 Å². The Kier molecular flexibility index (Phi) is 7.45. The van der Waals surface area contributed by atoms with Gasteiger partial charge in [-0.05, 0) is 39.9 Å². The maximum absolute atomic E-state index is 4.76. The fraction of sp³-hybridized carbons (Fsp3) is 0.545. The van der Waals surface area contributed by atoms with Crippen molar-refractivity contribution in [2.24, 2.45) is 0 Å². The molecule has 1 aromatic heterocycles.